The number of anilines is 2. The molecule has 1 aromatic carbocycles. The van der Waals surface area contributed by atoms with Gasteiger partial charge in [-0.2, -0.15) is 4.98 Å². The highest BCUT2D eigenvalue weighted by atomic mass is 32.2. The van der Waals surface area contributed by atoms with Gasteiger partial charge in [-0.3, -0.25) is 9.78 Å². The van der Waals surface area contributed by atoms with Crippen LogP contribution < -0.4 is 16.3 Å². The highest BCUT2D eigenvalue weighted by Crippen LogP contribution is 2.43. The number of fused-ring (bicyclic) bond motifs is 2. The average molecular weight is 659 g/mol. The van der Waals surface area contributed by atoms with Gasteiger partial charge in [-0.05, 0) is 56.0 Å². The van der Waals surface area contributed by atoms with E-state index in [1.807, 2.05) is 13.8 Å². The molecule has 3 aromatic heterocycles. The molecule has 2 aliphatic heterocycles. The number of hydrogen-bond donors (Lipinski definition) is 2. The number of aryl methyl sites for hydroxylation is 2. The Balaban J connectivity index is 1.82. The van der Waals surface area contributed by atoms with Gasteiger partial charge in [0.25, 0.3) is 0 Å². The SMILES string of the molecule is C=CC(=O)N1CC2CS(=O)(=O)c3c(F)c(-c4c(C)ccc(N)c4C=N)nc4c3c(nc(=O)n4-c3c(C)ccnc3C(C)C)N2CC1C. The van der Waals surface area contributed by atoms with Crippen LogP contribution in [-0.2, 0) is 14.6 Å². The molecular formula is C33H35FN8O4S. The second-order valence-electron chi connectivity index (χ2n) is 12.4. The molecule has 12 nitrogen and oxygen atoms in total. The van der Waals surface area contributed by atoms with E-state index in [-0.39, 0.29) is 64.3 Å². The van der Waals surface area contributed by atoms with E-state index >= 15 is 4.39 Å². The van der Waals surface area contributed by atoms with Gasteiger partial charge in [0.1, 0.15) is 16.4 Å². The van der Waals surface area contributed by atoms with Crippen molar-refractivity contribution in [2.45, 2.75) is 57.5 Å². The number of piperazine rings is 1. The first-order valence-electron chi connectivity index (χ1n) is 15.2. The fraction of sp³-hybridized carbons (Fsp3) is 0.333. The van der Waals surface area contributed by atoms with Crippen molar-refractivity contribution in [3.63, 3.8) is 0 Å². The van der Waals surface area contributed by atoms with Gasteiger partial charge in [0.15, 0.2) is 21.3 Å². The molecule has 2 unspecified atom stereocenters. The summed E-state index contributed by atoms with van der Waals surface area (Å²) in [5.74, 6) is -2.25. The molecule has 3 N–H and O–H groups in total. The second kappa shape index (κ2) is 11.4. The van der Waals surface area contributed by atoms with E-state index in [1.165, 1.54) is 9.47 Å². The first-order valence-corrected chi connectivity index (χ1v) is 16.8. The lowest BCUT2D eigenvalue weighted by atomic mass is 9.96. The number of nitrogens with zero attached hydrogens (tertiary/aromatic N) is 6. The minimum Gasteiger partial charge on any atom is -0.398 e. The molecule has 1 fully saturated rings. The maximum Gasteiger partial charge on any atom is 0.355 e. The number of halogens is 1. The van der Waals surface area contributed by atoms with Gasteiger partial charge in [-0.1, -0.05) is 26.5 Å². The Labute approximate surface area is 271 Å². The predicted octanol–water partition coefficient (Wildman–Crippen LogP) is 3.68. The maximum absolute atomic E-state index is 17.2. The number of nitrogens with one attached hydrogen (secondary N) is 1. The monoisotopic (exact) mass is 658 g/mol. The van der Waals surface area contributed by atoms with Crippen molar-refractivity contribution in [1.29, 1.82) is 5.41 Å². The number of sulfone groups is 1. The van der Waals surface area contributed by atoms with Crippen LogP contribution >= 0.6 is 0 Å². The standard InChI is InChI=1S/C33H35FN8O4S/c1-7-23(43)40-14-20-15-47(45,46)30-25-31(41(20)13-19(40)6)39-33(44)42(29-18(5)10-11-37-27(29)16(2)3)32(25)38-28(26(30)34)24-17(4)8-9-22(36)21(24)12-35/h7-12,16,19-20,35H,1,13-15,36H2,2-6H3. The molecule has 1 saturated heterocycles. The molecule has 0 radical (unpaired) electrons. The summed E-state index contributed by atoms with van der Waals surface area (Å²) in [6, 6.07) is 3.67. The molecule has 2 atom stereocenters. The van der Waals surface area contributed by atoms with Crippen molar-refractivity contribution in [3.8, 4) is 16.9 Å². The van der Waals surface area contributed by atoms with Crippen LogP contribution in [0.2, 0.25) is 0 Å². The molecule has 0 aliphatic carbocycles. The summed E-state index contributed by atoms with van der Waals surface area (Å²) in [6.07, 6.45) is 3.75. The second-order valence-corrected chi connectivity index (χ2v) is 14.4. The normalized spacial score (nSPS) is 18.6. The summed E-state index contributed by atoms with van der Waals surface area (Å²) < 4.78 is 47.2. The van der Waals surface area contributed by atoms with Crippen LogP contribution in [0.4, 0.5) is 15.9 Å². The molecule has 244 valence electrons. The van der Waals surface area contributed by atoms with Crippen LogP contribution in [0.15, 0.2) is 46.7 Å². The quantitative estimate of drug-likeness (QED) is 0.185. The molecule has 2 aliphatic rings. The van der Waals surface area contributed by atoms with Gasteiger partial charge >= 0.3 is 5.69 Å². The number of carbonyl (C=O) groups excluding carboxylic acids is 1. The Kier molecular flexibility index (Phi) is 7.74. The Morgan fingerprint density at radius 2 is 1.89 bits per heavy atom. The van der Waals surface area contributed by atoms with Crippen molar-refractivity contribution in [3.05, 3.63) is 75.7 Å². The lowest BCUT2D eigenvalue weighted by molar-refractivity contribution is -0.128. The van der Waals surface area contributed by atoms with Crippen molar-refractivity contribution >= 4 is 44.5 Å². The van der Waals surface area contributed by atoms with E-state index in [0.717, 1.165) is 12.3 Å². The zero-order valence-electron chi connectivity index (χ0n) is 26.7. The third-order valence-electron chi connectivity index (χ3n) is 8.99. The van der Waals surface area contributed by atoms with E-state index in [0.29, 0.717) is 22.5 Å². The molecule has 0 spiro atoms. The van der Waals surface area contributed by atoms with Crippen LogP contribution in [0.25, 0.3) is 28.0 Å². The van der Waals surface area contributed by atoms with E-state index in [4.69, 9.17) is 16.1 Å². The molecule has 0 bridgehead atoms. The summed E-state index contributed by atoms with van der Waals surface area (Å²) in [5.41, 5.74) is 7.47. The molecule has 4 aromatic rings. The fourth-order valence-electron chi connectivity index (χ4n) is 6.75. The third-order valence-corrected chi connectivity index (χ3v) is 10.8. The first kappa shape index (κ1) is 32.0. The maximum atomic E-state index is 17.2. The zero-order chi connectivity index (χ0) is 34.1. The topological polar surface area (TPSA) is 168 Å². The number of nitrogen functional groups attached to an aromatic ring is 1. The average Bonchev–Trinajstić information content (AvgIpc) is 3.11. The summed E-state index contributed by atoms with van der Waals surface area (Å²) in [4.78, 5) is 43.3. The highest BCUT2D eigenvalue weighted by Gasteiger charge is 2.44. The number of hydrogen-bond acceptors (Lipinski definition) is 10. The number of rotatable bonds is 5. The Morgan fingerprint density at radius 3 is 2.55 bits per heavy atom. The third kappa shape index (κ3) is 4.89. The molecule has 5 heterocycles. The number of nitrogens with two attached hydrogens (primary N) is 1. The number of carbonyl (C=O) groups is 1. The number of pyridine rings is 2. The van der Waals surface area contributed by atoms with Crippen LogP contribution in [0.3, 0.4) is 0 Å². The predicted molar refractivity (Wildman–Crippen MR) is 179 cm³/mol. The Hall–Kier alpha value is -4.98. The van der Waals surface area contributed by atoms with Gasteiger partial charge in [-0.15, -0.1) is 0 Å². The minimum atomic E-state index is -4.46. The Morgan fingerprint density at radius 1 is 1.17 bits per heavy atom. The lowest BCUT2D eigenvalue weighted by Crippen LogP contribution is -2.60. The molecule has 14 heteroatoms. The highest BCUT2D eigenvalue weighted by molar-refractivity contribution is 7.91. The fourth-order valence-corrected chi connectivity index (χ4v) is 8.57. The van der Waals surface area contributed by atoms with E-state index in [2.05, 4.69) is 16.5 Å². The van der Waals surface area contributed by atoms with Crippen molar-refractivity contribution < 1.29 is 17.6 Å². The van der Waals surface area contributed by atoms with Crippen molar-refractivity contribution in [2.75, 3.05) is 29.5 Å². The summed E-state index contributed by atoms with van der Waals surface area (Å²) in [6.45, 7) is 12.8. The van der Waals surface area contributed by atoms with Gasteiger partial charge in [-0.25, -0.2) is 27.2 Å². The Bertz CT molecular complexity index is 2200. The summed E-state index contributed by atoms with van der Waals surface area (Å²) in [5, 5.41) is 7.94. The minimum absolute atomic E-state index is 0.0150. The summed E-state index contributed by atoms with van der Waals surface area (Å²) >= 11 is 0. The van der Waals surface area contributed by atoms with E-state index in [1.54, 1.807) is 50.1 Å². The molecular weight excluding hydrogens is 623 g/mol. The van der Waals surface area contributed by atoms with Gasteiger partial charge in [0, 0.05) is 48.4 Å². The number of benzene rings is 1. The van der Waals surface area contributed by atoms with Gasteiger partial charge in [0.05, 0.1) is 28.6 Å². The van der Waals surface area contributed by atoms with Crippen LogP contribution in [0, 0.1) is 25.1 Å². The lowest BCUT2D eigenvalue weighted by Gasteiger charge is -2.44. The number of amides is 1. The summed E-state index contributed by atoms with van der Waals surface area (Å²) in [7, 11) is -4.46. The van der Waals surface area contributed by atoms with Crippen LogP contribution in [-0.4, -0.2) is 75.9 Å². The molecule has 0 saturated carbocycles. The van der Waals surface area contributed by atoms with E-state index < -0.39 is 44.1 Å². The van der Waals surface area contributed by atoms with Crippen molar-refractivity contribution in [2.24, 2.45) is 0 Å². The van der Waals surface area contributed by atoms with E-state index in [9.17, 15) is 18.0 Å². The largest absolute Gasteiger partial charge is 0.398 e. The zero-order valence-corrected chi connectivity index (χ0v) is 27.5. The molecule has 6 rings (SSSR count). The molecule has 1 amide bonds. The number of aromatic nitrogens is 4. The van der Waals surface area contributed by atoms with Crippen LogP contribution in [0.5, 0.6) is 0 Å². The van der Waals surface area contributed by atoms with Crippen molar-refractivity contribution in [1.82, 2.24) is 24.4 Å². The first-order chi connectivity index (χ1) is 22.2. The molecule has 47 heavy (non-hydrogen) atoms. The smallest absolute Gasteiger partial charge is 0.355 e. The van der Waals surface area contributed by atoms with Gasteiger partial charge in [0.2, 0.25) is 5.91 Å². The van der Waals surface area contributed by atoms with Gasteiger partial charge < -0.3 is 20.9 Å². The van der Waals surface area contributed by atoms with Crippen LogP contribution in [0.1, 0.15) is 49.1 Å².